The van der Waals surface area contributed by atoms with Crippen molar-refractivity contribution in [2.75, 3.05) is 6.54 Å². The van der Waals surface area contributed by atoms with Gasteiger partial charge in [0, 0.05) is 18.3 Å². The van der Waals surface area contributed by atoms with Gasteiger partial charge in [0.15, 0.2) is 0 Å². The van der Waals surface area contributed by atoms with Gasteiger partial charge < -0.3 is 10.4 Å². The standard InChI is InChI=1S/C9H11NO/c11-8-4-3-7-2-1-5-10-9(7)6-8/h2,4,6,10-11H,1,3,5H2. The number of rotatable bonds is 0. The van der Waals surface area contributed by atoms with Crippen LogP contribution in [0.5, 0.6) is 0 Å². The Bertz CT molecular complexity index is 261. The monoisotopic (exact) mass is 149 g/mol. The van der Waals surface area contributed by atoms with E-state index in [1.54, 1.807) is 6.08 Å². The second-order valence-corrected chi connectivity index (χ2v) is 2.84. The zero-order valence-corrected chi connectivity index (χ0v) is 6.30. The van der Waals surface area contributed by atoms with Gasteiger partial charge in [-0.2, -0.15) is 0 Å². The number of fused-ring (bicyclic) bond motifs is 1. The molecule has 58 valence electrons. The maximum absolute atomic E-state index is 9.17. The summed E-state index contributed by atoms with van der Waals surface area (Å²) in [5, 5.41) is 12.4. The predicted octanol–water partition coefficient (Wildman–Crippen LogP) is 1.64. The molecule has 2 aliphatic rings. The fourth-order valence-corrected chi connectivity index (χ4v) is 1.44. The van der Waals surface area contributed by atoms with E-state index < -0.39 is 0 Å². The summed E-state index contributed by atoms with van der Waals surface area (Å²) in [6.45, 7) is 0.989. The third kappa shape index (κ3) is 1.16. The number of hydrogen-bond acceptors (Lipinski definition) is 2. The van der Waals surface area contributed by atoms with Crippen LogP contribution < -0.4 is 5.32 Å². The molecule has 0 saturated heterocycles. The van der Waals surface area contributed by atoms with Gasteiger partial charge in [0.1, 0.15) is 5.76 Å². The van der Waals surface area contributed by atoms with E-state index in [0.717, 1.165) is 25.1 Å². The van der Waals surface area contributed by atoms with E-state index in [1.165, 1.54) is 5.57 Å². The second kappa shape index (κ2) is 2.46. The van der Waals surface area contributed by atoms with Crippen LogP contribution in [-0.4, -0.2) is 11.7 Å². The van der Waals surface area contributed by atoms with Crippen LogP contribution in [0, 0.1) is 0 Å². The molecule has 1 aliphatic carbocycles. The lowest BCUT2D eigenvalue weighted by molar-refractivity contribution is 0.426. The van der Waals surface area contributed by atoms with Crippen LogP contribution in [0.2, 0.25) is 0 Å². The van der Waals surface area contributed by atoms with Gasteiger partial charge >= 0.3 is 0 Å². The molecule has 0 bridgehead atoms. The van der Waals surface area contributed by atoms with Gasteiger partial charge in [-0.15, -0.1) is 0 Å². The number of aliphatic hydroxyl groups excluding tert-OH is 1. The number of nitrogens with one attached hydrogen (secondary N) is 1. The fourth-order valence-electron chi connectivity index (χ4n) is 1.44. The van der Waals surface area contributed by atoms with Crippen LogP contribution in [0.15, 0.2) is 35.3 Å². The average Bonchev–Trinajstić information content (AvgIpc) is 2.04. The Morgan fingerprint density at radius 3 is 3.18 bits per heavy atom. The highest BCUT2D eigenvalue weighted by Crippen LogP contribution is 2.22. The van der Waals surface area contributed by atoms with Gasteiger partial charge in [-0.1, -0.05) is 6.08 Å². The van der Waals surface area contributed by atoms with E-state index in [1.807, 2.05) is 6.08 Å². The van der Waals surface area contributed by atoms with E-state index in [-0.39, 0.29) is 0 Å². The zero-order chi connectivity index (χ0) is 7.68. The Hall–Kier alpha value is -1.18. The van der Waals surface area contributed by atoms with Gasteiger partial charge in [0.05, 0.1) is 0 Å². The highest BCUT2D eigenvalue weighted by atomic mass is 16.3. The summed E-state index contributed by atoms with van der Waals surface area (Å²) in [6.07, 6.45) is 7.81. The lowest BCUT2D eigenvalue weighted by Gasteiger charge is -2.20. The first-order valence-electron chi connectivity index (χ1n) is 3.90. The SMILES string of the molecule is OC1=CCC2=CCCNC2=C1. The molecule has 0 atom stereocenters. The molecule has 0 fully saturated rings. The summed E-state index contributed by atoms with van der Waals surface area (Å²) in [6, 6.07) is 0. The van der Waals surface area contributed by atoms with E-state index in [9.17, 15) is 0 Å². The van der Waals surface area contributed by atoms with Gasteiger partial charge in [0.25, 0.3) is 0 Å². The van der Waals surface area contributed by atoms with Gasteiger partial charge in [-0.05, 0) is 24.5 Å². The molecule has 2 nitrogen and oxygen atoms in total. The smallest absolute Gasteiger partial charge is 0.114 e. The number of aliphatic hydroxyl groups is 1. The first-order chi connectivity index (χ1) is 5.36. The van der Waals surface area contributed by atoms with Crippen molar-refractivity contribution < 1.29 is 5.11 Å². The molecule has 11 heavy (non-hydrogen) atoms. The van der Waals surface area contributed by atoms with E-state index in [0.29, 0.717) is 5.76 Å². The van der Waals surface area contributed by atoms with Crippen molar-refractivity contribution in [2.45, 2.75) is 12.8 Å². The zero-order valence-electron chi connectivity index (χ0n) is 6.30. The minimum Gasteiger partial charge on any atom is -0.508 e. The molecule has 0 aromatic rings. The molecule has 1 heterocycles. The van der Waals surface area contributed by atoms with Crippen LogP contribution in [0.3, 0.4) is 0 Å². The lowest BCUT2D eigenvalue weighted by atomic mass is 9.99. The van der Waals surface area contributed by atoms with Crippen LogP contribution in [-0.2, 0) is 0 Å². The van der Waals surface area contributed by atoms with Gasteiger partial charge in [0.2, 0.25) is 0 Å². The average molecular weight is 149 g/mol. The quantitative estimate of drug-likeness (QED) is 0.548. The summed E-state index contributed by atoms with van der Waals surface area (Å²) >= 11 is 0. The maximum Gasteiger partial charge on any atom is 0.114 e. The van der Waals surface area contributed by atoms with Crippen LogP contribution >= 0.6 is 0 Å². The molecule has 0 amide bonds. The van der Waals surface area contributed by atoms with Crippen molar-refractivity contribution in [3.63, 3.8) is 0 Å². The molecule has 1 aliphatic heterocycles. The summed E-state index contributed by atoms with van der Waals surface area (Å²) in [5.41, 5.74) is 2.41. The Kier molecular flexibility index (Phi) is 1.46. The molecule has 0 saturated carbocycles. The second-order valence-electron chi connectivity index (χ2n) is 2.84. The predicted molar refractivity (Wildman–Crippen MR) is 44.1 cm³/mol. The van der Waals surface area contributed by atoms with Crippen LogP contribution in [0.25, 0.3) is 0 Å². The Morgan fingerprint density at radius 2 is 2.27 bits per heavy atom. The summed E-state index contributed by atoms with van der Waals surface area (Å²) in [5.74, 6) is 0.381. The highest BCUT2D eigenvalue weighted by Gasteiger charge is 2.12. The van der Waals surface area contributed by atoms with Crippen LogP contribution in [0.1, 0.15) is 12.8 Å². The summed E-state index contributed by atoms with van der Waals surface area (Å²) < 4.78 is 0. The molecule has 2 rings (SSSR count). The molecule has 0 spiro atoms. The first kappa shape index (κ1) is 6.53. The van der Waals surface area contributed by atoms with Crippen molar-refractivity contribution in [3.05, 3.63) is 35.3 Å². The lowest BCUT2D eigenvalue weighted by Crippen LogP contribution is -2.21. The van der Waals surface area contributed by atoms with Crippen molar-refractivity contribution in [1.82, 2.24) is 5.32 Å². The number of allylic oxidation sites excluding steroid dienone is 3. The normalized spacial score (nSPS) is 22.4. The van der Waals surface area contributed by atoms with E-state index >= 15 is 0 Å². The largest absolute Gasteiger partial charge is 0.508 e. The third-order valence-corrected chi connectivity index (χ3v) is 2.02. The molecule has 0 aromatic heterocycles. The molecular weight excluding hydrogens is 138 g/mol. The van der Waals surface area contributed by atoms with Crippen molar-refractivity contribution in [1.29, 1.82) is 0 Å². The topological polar surface area (TPSA) is 32.3 Å². The molecule has 0 radical (unpaired) electrons. The number of hydrogen-bond donors (Lipinski definition) is 2. The van der Waals surface area contributed by atoms with Crippen molar-refractivity contribution >= 4 is 0 Å². The molecule has 2 heteroatoms. The Balaban J connectivity index is 2.32. The molecule has 0 unspecified atom stereocenters. The van der Waals surface area contributed by atoms with Crippen LogP contribution in [0.4, 0.5) is 0 Å². The summed E-state index contributed by atoms with van der Waals surface area (Å²) in [4.78, 5) is 0. The molecule has 0 aromatic carbocycles. The molecular formula is C9H11NO. The minimum absolute atomic E-state index is 0.381. The van der Waals surface area contributed by atoms with E-state index in [2.05, 4.69) is 11.4 Å². The maximum atomic E-state index is 9.17. The molecule has 2 N–H and O–H groups in total. The first-order valence-corrected chi connectivity index (χ1v) is 3.90. The fraction of sp³-hybridized carbons (Fsp3) is 0.333. The summed E-state index contributed by atoms with van der Waals surface area (Å²) in [7, 11) is 0. The van der Waals surface area contributed by atoms with E-state index in [4.69, 9.17) is 5.11 Å². The Morgan fingerprint density at radius 1 is 1.36 bits per heavy atom. The van der Waals surface area contributed by atoms with Gasteiger partial charge in [-0.3, -0.25) is 0 Å². The minimum atomic E-state index is 0.381. The highest BCUT2D eigenvalue weighted by molar-refractivity contribution is 5.41. The van der Waals surface area contributed by atoms with Crippen molar-refractivity contribution in [3.8, 4) is 0 Å². The Labute approximate surface area is 65.9 Å². The third-order valence-electron chi connectivity index (χ3n) is 2.02. The van der Waals surface area contributed by atoms with Gasteiger partial charge in [-0.25, -0.2) is 0 Å². The van der Waals surface area contributed by atoms with Crippen molar-refractivity contribution in [2.24, 2.45) is 0 Å².